The zero-order chi connectivity index (χ0) is 25.8. The van der Waals surface area contributed by atoms with Crippen LogP contribution in [-0.4, -0.2) is 6.21 Å². The first kappa shape index (κ1) is 29.5. The predicted octanol–water partition coefficient (Wildman–Crippen LogP) is 7.03. The molecule has 0 aliphatic heterocycles. The van der Waals surface area contributed by atoms with E-state index in [1.54, 1.807) is 0 Å². The summed E-state index contributed by atoms with van der Waals surface area (Å²) in [5.41, 5.74) is 2.37. The Bertz CT molecular complexity index is 1200. The van der Waals surface area contributed by atoms with Crippen LogP contribution in [-0.2, 0) is 17.1 Å². The molecule has 6 rings (SSSR count). The third kappa shape index (κ3) is 8.25. The second kappa shape index (κ2) is 15.9. The van der Waals surface area contributed by atoms with Crippen LogP contribution in [0.5, 0.6) is 0 Å². The van der Waals surface area contributed by atoms with Crippen molar-refractivity contribution < 1.29 is 17.1 Å². The van der Waals surface area contributed by atoms with E-state index in [-0.39, 0.29) is 23.1 Å². The second-order valence-electron chi connectivity index (χ2n) is 8.84. The monoisotopic (exact) mass is 563 g/mol. The van der Waals surface area contributed by atoms with E-state index in [9.17, 15) is 0 Å². The minimum Gasteiger partial charge on any atom is -0.284 e. The van der Waals surface area contributed by atoms with E-state index in [0.29, 0.717) is 0 Å². The summed E-state index contributed by atoms with van der Waals surface area (Å²) in [6.07, 6.45) is 20.5. The first-order valence-electron chi connectivity index (χ1n) is 12.9. The summed E-state index contributed by atoms with van der Waals surface area (Å²) in [5.74, 6) is 1.21. The van der Waals surface area contributed by atoms with Crippen LogP contribution >= 0.6 is 7.92 Å². The number of hydrogen-bond donors (Lipinski definition) is 0. The van der Waals surface area contributed by atoms with Crippen LogP contribution in [0.25, 0.3) is 0 Å². The van der Waals surface area contributed by atoms with Crippen LogP contribution in [0, 0.1) is 63.7 Å². The van der Waals surface area contributed by atoms with Crippen molar-refractivity contribution in [3.8, 4) is 0 Å². The zero-order valence-corrected chi connectivity index (χ0v) is 23.6. The first-order valence-corrected chi connectivity index (χ1v) is 14.2. The fourth-order valence-corrected chi connectivity index (χ4v) is 6.85. The Morgan fingerprint density at radius 2 is 0.974 bits per heavy atom. The molecule has 0 spiro atoms. The van der Waals surface area contributed by atoms with E-state index < -0.39 is 7.92 Å². The minimum atomic E-state index is -0.688. The minimum absolute atomic E-state index is 0. The third-order valence-electron chi connectivity index (χ3n) is 6.24. The number of benzene rings is 4. The van der Waals surface area contributed by atoms with Gasteiger partial charge < -0.3 is 0 Å². The van der Waals surface area contributed by atoms with Gasteiger partial charge in [0.2, 0.25) is 0 Å². The number of aliphatic imine (C=N–C) groups is 1. The van der Waals surface area contributed by atoms with Gasteiger partial charge in [0.15, 0.2) is 0 Å². The molecular weight excluding hydrogens is 533 g/mol. The van der Waals surface area contributed by atoms with Gasteiger partial charge in [0.25, 0.3) is 0 Å². The van der Waals surface area contributed by atoms with E-state index in [2.05, 4.69) is 147 Å². The van der Waals surface area contributed by atoms with Gasteiger partial charge in [0, 0.05) is 17.7 Å². The summed E-state index contributed by atoms with van der Waals surface area (Å²) >= 11 is 0. The molecule has 1 atom stereocenters. The first-order chi connectivity index (χ1) is 18.9. The molecule has 2 aliphatic rings. The fraction of sp³-hybridized carbons (Fsp3) is 0.0278. The van der Waals surface area contributed by atoms with E-state index in [0.717, 1.165) is 0 Å². The van der Waals surface area contributed by atoms with E-state index >= 15 is 0 Å². The van der Waals surface area contributed by atoms with Crippen LogP contribution in [0.15, 0.2) is 120 Å². The van der Waals surface area contributed by atoms with Crippen LogP contribution in [0.3, 0.4) is 0 Å². The van der Waals surface area contributed by atoms with Gasteiger partial charge >= 0.3 is 17.1 Å². The quantitative estimate of drug-likeness (QED) is 0.130. The molecule has 0 aromatic heterocycles. The topological polar surface area (TPSA) is 12.4 Å². The molecule has 39 heavy (non-hydrogen) atoms. The fourth-order valence-electron chi connectivity index (χ4n) is 4.43. The molecule has 10 radical (unpaired) electrons. The summed E-state index contributed by atoms with van der Waals surface area (Å²) in [6.45, 7) is 0. The summed E-state index contributed by atoms with van der Waals surface area (Å²) in [4.78, 5) is 5.12. The molecule has 4 aromatic rings. The van der Waals surface area contributed by atoms with Crippen molar-refractivity contribution in [2.75, 3.05) is 0 Å². The Hall–Kier alpha value is -2.50. The van der Waals surface area contributed by atoms with Gasteiger partial charge in [-0.3, -0.25) is 4.99 Å². The predicted molar refractivity (Wildman–Crippen MR) is 164 cm³/mol. The Morgan fingerprint density at radius 3 is 1.51 bits per heavy atom. The Labute approximate surface area is 247 Å². The van der Waals surface area contributed by atoms with Gasteiger partial charge in [-0.1, -0.05) is 115 Å². The van der Waals surface area contributed by atoms with Crippen molar-refractivity contribution in [2.45, 2.75) is 6.04 Å². The Balaban J connectivity index is 0.000000530. The summed E-state index contributed by atoms with van der Waals surface area (Å²) in [7, 11) is -0.688. The molecule has 0 bridgehead atoms. The number of hydrogen-bond acceptors (Lipinski definition) is 1. The van der Waals surface area contributed by atoms with Crippen molar-refractivity contribution in [3.63, 3.8) is 0 Å². The third-order valence-corrected chi connectivity index (χ3v) is 8.76. The van der Waals surface area contributed by atoms with Crippen molar-refractivity contribution in [3.05, 3.63) is 190 Å². The van der Waals surface area contributed by atoms with Crippen LogP contribution < -0.4 is 15.9 Å². The molecule has 2 aliphatic carbocycles. The van der Waals surface area contributed by atoms with E-state index in [1.165, 1.54) is 33.0 Å². The van der Waals surface area contributed by atoms with E-state index in [1.807, 2.05) is 32.1 Å². The van der Waals surface area contributed by atoms with Gasteiger partial charge in [0.1, 0.15) is 0 Å². The summed E-state index contributed by atoms with van der Waals surface area (Å²) < 4.78 is 0. The van der Waals surface area contributed by atoms with Crippen molar-refractivity contribution in [1.29, 1.82) is 0 Å². The zero-order valence-electron chi connectivity index (χ0n) is 21.6. The summed E-state index contributed by atoms with van der Waals surface area (Å²) in [5, 5.41) is 4.01. The summed E-state index contributed by atoms with van der Waals surface area (Å²) in [6, 6.07) is 40.8. The van der Waals surface area contributed by atoms with Gasteiger partial charge in [-0.25, -0.2) is 0 Å². The van der Waals surface area contributed by atoms with Crippen LogP contribution in [0.2, 0.25) is 0 Å². The average Bonchev–Trinajstić information content (AvgIpc) is 3.74. The van der Waals surface area contributed by atoms with Crippen molar-refractivity contribution in [2.24, 2.45) is 4.99 Å². The Morgan fingerprint density at radius 1 is 0.513 bits per heavy atom. The van der Waals surface area contributed by atoms with Crippen molar-refractivity contribution in [1.82, 2.24) is 0 Å². The standard InChI is InChI=1S/C31H25NP.C5H5.Fe/c1-4-14-25(15-5-1)31(26-16-10-11-17-26)32-24-27-18-12-13-23-30(27)33(28-19-6-2-7-20-28)29-21-8-3-9-22-29;1-2-4-5-3-1;/h1-24,31H;1-5H;/q;;+2/t31-;;/m0../s1. The average molecular weight is 563 g/mol. The molecule has 190 valence electrons. The van der Waals surface area contributed by atoms with Gasteiger partial charge in [-0.15, -0.1) is 0 Å². The number of rotatable bonds is 7. The number of nitrogens with zero attached hydrogens (tertiary/aromatic N) is 1. The maximum absolute atomic E-state index is 5.12. The van der Waals surface area contributed by atoms with Gasteiger partial charge in [-0.2, -0.15) is 0 Å². The molecular formula is C36H30FeNP+2. The maximum atomic E-state index is 5.12. The molecule has 0 unspecified atom stereocenters. The molecule has 4 aromatic carbocycles. The largest absolute Gasteiger partial charge is 2.00 e. The maximum Gasteiger partial charge on any atom is 2.00 e. The molecule has 3 heteroatoms. The Kier molecular flexibility index (Phi) is 12.0. The normalized spacial score (nSPS) is 16.0. The smallest absolute Gasteiger partial charge is 0.284 e. The van der Waals surface area contributed by atoms with Crippen LogP contribution in [0.4, 0.5) is 0 Å². The molecule has 2 fully saturated rings. The molecule has 0 amide bonds. The molecule has 0 N–H and O–H groups in total. The van der Waals surface area contributed by atoms with Gasteiger partial charge in [0.05, 0.1) is 6.04 Å². The molecule has 1 nitrogen and oxygen atoms in total. The SMILES string of the molecule is [CH]1[CH][CH][CH][CH]1.[CH]1[CH][CH][C]([C@@H](N=Cc2ccccc2P(c2ccccc2)c2ccccc2)c2ccccc2)[CH]1.[Fe+2]. The van der Waals surface area contributed by atoms with Gasteiger partial charge in [-0.05, 0) is 87.2 Å². The molecule has 0 heterocycles. The second-order valence-corrected chi connectivity index (χ2v) is 11.0. The van der Waals surface area contributed by atoms with Crippen LogP contribution in [0.1, 0.15) is 17.2 Å². The van der Waals surface area contributed by atoms with E-state index in [4.69, 9.17) is 4.99 Å². The van der Waals surface area contributed by atoms with Crippen molar-refractivity contribution >= 4 is 30.0 Å². The molecule has 0 saturated heterocycles. The molecule has 2 saturated carbocycles.